The van der Waals surface area contributed by atoms with Crippen molar-refractivity contribution >= 4 is 11.9 Å². The second-order valence-corrected chi connectivity index (χ2v) is 9.17. The van der Waals surface area contributed by atoms with Crippen molar-refractivity contribution in [1.29, 1.82) is 0 Å². The van der Waals surface area contributed by atoms with Gasteiger partial charge in [-0.3, -0.25) is 14.7 Å². The van der Waals surface area contributed by atoms with E-state index >= 15 is 0 Å². The van der Waals surface area contributed by atoms with Gasteiger partial charge in [-0.05, 0) is 50.9 Å². The van der Waals surface area contributed by atoms with Crippen molar-refractivity contribution in [1.82, 2.24) is 24.6 Å². The predicted octanol–water partition coefficient (Wildman–Crippen LogP) is 1.90. The first kappa shape index (κ1) is 20.1. The molecular weight excluding hydrogens is 366 g/mol. The number of fused-ring (bicyclic) bond motifs is 1. The fourth-order valence-corrected chi connectivity index (χ4v) is 5.79. The van der Waals surface area contributed by atoms with Gasteiger partial charge in [0.2, 0.25) is 5.91 Å². The molecule has 0 N–H and O–H groups in total. The predicted molar refractivity (Wildman–Crippen MR) is 111 cm³/mol. The summed E-state index contributed by atoms with van der Waals surface area (Å²) in [6, 6.07) is 4.13. The summed E-state index contributed by atoms with van der Waals surface area (Å²) in [5.41, 5.74) is 0.711. The van der Waals surface area contributed by atoms with E-state index in [-0.39, 0.29) is 17.4 Å². The van der Waals surface area contributed by atoms with Gasteiger partial charge in [0.15, 0.2) is 0 Å². The fourth-order valence-electron chi connectivity index (χ4n) is 5.79. The summed E-state index contributed by atoms with van der Waals surface area (Å²) in [5.74, 6) is 0.273. The maximum atomic E-state index is 13.5. The Kier molecular flexibility index (Phi) is 5.27. The lowest BCUT2D eigenvalue weighted by atomic mass is 9.60. The molecule has 7 heteroatoms. The van der Waals surface area contributed by atoms with Crippen LogP contribution in [0.2, 0.25) is 0 Å². The number of hydrogen-bond acceptors (Lipinski definition) is 4. The van der Waals surface area contributed by atoms with E-state index in [0.29, 0.717) is 13.1 Å². The van der Waals surface area contributed by atoms with Gasteiger partial charge in [-0.15, -0.1) is 0 Å². The fraction of sp³-hybridized carbons (Fsp3) is 0.682. The number of rotatable bonds is 3. The van der Waals surface area contributed by atoms with E-state index in [0.717, 1.165) is 52.0 Å². The maximum absolute atomic E-state index is 13.5. The topological polar surface area (TPSA) is 60.0 Å². The van der Waals surface area contributed by atoms with Gasteiger partial charge in [-0.2, -0.15) is 0 Å². The van der Waals surface area contributed by atoms with Crippen LogP contribution in [0.5, 0.6) is 0 Å². The van der Waals surface area contributed by atoms with Crippen molar-refractivity contribution in [2.24, 2.45) is 10.8 Å². The number of carbonyl (C=O) groups excluding carboxylic acids is 2. The molecule has 7 nitrogen and oxygen atoms in total. The molecule has 158 valence electrons. The first-order valence-electron chi connectivity index (χ1n) is 10.8. The Labute approximate surface area is 173 Å². The summed E-state index contributed by atoms with van der Waals surface area (Å²) in [5, 5.41) is 0. The van der Waals surface area contributed by atoms with Crippen LogP contribution in [-0.4, -0.2) is 89.9 Å². The Hall–Kier alpha value is -2.15. The molecule has 0 aliphatic carbocycles. The molecule has 3 fully saturated rings. The average Bonchev–Trinajstić information content (AvgIpc) is 3.22. The molecule has 0 bridgehead atoms. The van der Waals surface area contributed by atoms with Crippen molar-refractivity contribution in [3.63, 3.8) is 0 Å². The van der Waals surface area contributed by atoms with Gasteiger partial charge in [0, 0.05) is 64.6 Å². The number of nitrogens with zero attached hydrogens (tertiary/aromatic N) is 5. The summed E-state index contributed by atoms with van der Waals surface area (Å²) < 4.78 is 0. The monoisotopic (exact) mass is 399 g/mol. The summed E-state index contributed by atoms with van der Waals surface area (Å²) in [7, 11) is 3.59. The molecule has 0 radical (unpaired) electrons. The Morgan fingerprint density at radius 3 is 2.52 bits per heavy atom. The number of urea groups is 1. The molecule has 0 aromatic carbocycles. The van der Waals surface area contributed by atoms with E-state index in [1.54, 1.807) is 25.2 Å². The van der Waals surface area contributed by atoms with Gasteiger partial charge in [-0.25, -0.2) is 4.79 Å². The Bertz CT molecular complexity index is 760. The van der Waals surface area contributed by atoms with Gasteiger partial charge < -0.3 is 14.7 Å². The zero-order chi connectivity index (χ0) is 20.6. The molecule has 3 amide bonds. The SMILES string of the molecule is CCN1CC[C@]2(CN(C(=O)N(C)C)CC23CCN(Cc2cccnc2)CC3)C1=O. The largest absolute Gasteiger partial charge is 0.342 e. The third-order valence-electron chi connectivity index (χ3n) is 7.45. The van der Waals surface area contributed by atoms with Crippen molar-refractivity contribution in [2.45, 2.75) is 32.7 Å². The molecule has 1 aromatic rings. The lowest BCUT2D eigenvalue weighted by Gasteiger charge is -2.46. The van der Waals surface area contributed by atoms with Crippen molar-refractivity contribution in [3.05, 3.63) is 30.1 Å². The van der Waals surface area contributed by atoms with E-state index in [4.69, 9.17) is 0 Å². The lowest BCUT2D eigenvalue weighted by Crippen LogP contribution is -2.52. The van der Waals surface area contributed by atoms with Crippen LogP contribution in [0.25, 0.3) is 0 Å². The Balaban J connectivity index is 1.55. The quantitative estimate of drug-likeness (QED) is 0.779. The van der Waals surface area contributed by atoms with Gasteiger partial charge in [-0.1, -0.05) is 6.07 Å². The van der Waals surface area contributed by atoms with Gasteiger partial charge in [0.25, 0.3) is 0 Å². The van der Waals surface area contributed by atoms with Crippen LogP contribution < -0.4 is 0 Å². The van der Waals surface area contributed by atoms with E-state index in [1.807, 2.05) is 22.1 Å². The summed E-state index contributed by atoms with van der Waals surface area (Å²) >= 11 is 0. The van der Waals surface area contributed by atoms with Crippen molar-refractivity contribution < 1.29 is 9.59 Å². The number of likely N-dealkylation sites (tertiary alicyclic amines) is 3. The zero-order valence-corrected chi connectivity index (χ0v) is 17.9. The summed E-state index contributed by atoms with van der Waals surface area (Å²) in [4.78, 5) is 38.5. The third kappa shape index (κ3) is 3.29. The van der Waals surface area contributed by atoms with Crippen LogP contribution in [-0.2, 0) is 11.3 Å². The lowest BCUT2D eigenvalue weighted by molar-refractivity contribution is -0.142. The van der Waals surface area contributed by atoms with E-state index in [1.165, 1.54) is 5.56 Å². The van der Waals surface area contributed by atoms with Gasteiger partial charge in [0.05, 0.1) is 5.41 Å². The minimum Gasteiger partial charge on any atom is -0.342 e. The first-order valence-corrected chi connectivity index (χ1v) is 10.8. The molecule has 1 atom stereocenters. The molecule has 3 aliphatic heterocycles. The second kappa shape index (κ2) is 7.59. The average molecular weight is 400 g/mol. The number of carbonyl (C=O) groups is 2. The number of aromatic nitrogens is 1. The number of piperidine rings is 1. The number of amides is 3. The molecule has 0 saturated carbocycles. The summed E-state index contributed by atoms with van der Waals surface area (Å²) in [6.45, 7) is 7.71. The highest BCUT2D eigenvalue weighted by Crippen LogP contribution is 2.58. The molecule has 0 unspecified atom stereocenters. The minimum atomic E-state index is -0.408. The normalized spacial score (nSPS) is 26.7. The number of pyridine rings is 1. The van der Waals surface area contributed by atoms with Crippen LogP contribution in [0, 0.1) is 10.8 Å². The molecule has 4 rings (SSSR count). The van der Waals surface area contributed by atoms with Gasteiger partial charge in [0.1, 0.15) is 0 Å². The minimum absolute atomic E-state index is 0.0294. The van der Waals surface area contributed by atoms with Crippen LogP contribution >= 0.6 is 0 Å². The molecule has 1 aromatic heterocycles. The van der Waals surface area contributed by atoms with Crippen molar-refractivity contribution in [2.75, 3.05) is 53.4 Å². The second-order valence-electron chi connectivity index (χ2n) is 9.17. The summed E-state index contributed by atoms with van der Waals surface area (Å²) in [6.07, 6.45) is 6.54. The molecule has 3 saturated heterocycles. The first-order chi connectivity index (χ1) is 13.9. The Morgan fingerprint density at radius 2 is 1.93 bits per heavy atom. The highest BCUT2D eigenvalue weighted by molar-refractivity contribution is 5.88. The molecule has 3 aliphatic rings. The smallest absolute Gasteiger partial charge is 0.319 e. The van der Waals surface area contributed by atoms with E-state index < -0.39 is 5.41 Å². The highest BCUT2D eigenvalue weighted by atomic mass is 16.2. The van der Waals surface area contributed by atoms with Crippen LogP contribution in [0.3, 0.4) is 0 Å². The van der Waals surface area contributed by atoms with Crippen LogP contribution in [0.1, 0.15) is 31.7 Å². The van der Waals surface area contributed by atoms with E-state index in [2.05, 4.69) is 22.9 Å². The Morgan fingerprint density at radius 1 is 1.17 bits per heavy atom. The molecule has 29 heavy (non-hydrogen) atoms. The number of hydrogen-bond donors (Lipinski definition) is 0. The molecule has 2 spiro atoms. The zero-order valence-electron chi connectivity index (χ0n) is 17.9. The molecular formula is C22H33N5O2. The standard InChI is InChI=1S/C22H33N5O2/c1-4-26-13-9-22(19(26)28)17-27(20(29)24(2)3)16-21(22)7-11-25(12-8-21)15-18-6-5-10-23-14-18/h5-6,10,14H,4,7-9,11-13,15-17H2,1-3H3/t22-/m0/s1. The van der Waals surface area contributed by atoms with Gasteiger partial charge >= 0.3 is 6.03 Å². The third-order valence-corrected chi connectivity index (χ3v) is 7.45. The van der Waals surface area contributed by atoms with E-state index in [9.17, 15) is 9.59 Å². The van der Waals surface area contributed by atoms with Crippen LogP contribution in [0.4, 0.5) is 4.79 Å². The van der Waals surface area contributed by atoms with Crippen molar-refractivity contribution in [3.8, 4) is 0 Å². The maximum Gasteiger partial charge on any atom is 0.319 e. The van der Waals surface area contributed by atoms with Crippen LogP contribution in [0.15, 0.2) is 24.5 Å². The highest BCUT2D eigenvalue weighted by Gasteiger charge is 2.65. The molecule has 4 heterocycles.